The average molecular weight is 1520 g/mol. The highest BCUT2D eigenvalue weighted by Crippen LogP contribution is 2.44. The Labute approximate surface area is 616 Å². The number of allylic oxidation sites excluding steroid dienone is 1. The van der Waals surface area contributed by atoms with E-state index in [1.165, 1.54) is 45.5 Å². The number of hydrogen-bond acceptors (Lipinski definition) is 18. The maximum absolute atomic E-state index is 14.6. The van der Waals surface area contributed by atoms with Crippen LogP contribution in [0.1, 0.15) is 113 Å². The normalized spacial score (nSPS) is 19.0. The highest BCUT2D eigenvalue weighted by atomic mass is 35.5. The number of alkyl halides is 3. The number of aryl methyl sites for hydroxylation is 1. The average Bonchev–Trinajstić information content (AvgIpc) is 1.23. The van der Waals surface area contributed by atoms with Gasteiger partial charge in [-0.05, 0) is 139 Å². The van der Waals surface area contributed by atoms with Crippen LogP contribution in [0, 0.1) is 17.8 Å². The van der Waals surface area contributed by atoms with Crippen LogP contribution >= 0.6 is 34.7 Å². The molecule has 3 fully saturated rings. The molecule has 5 N–H and O–H groups in total. The van der Waals surface area contributed by atoms with Crippen LogP contribution in [0.15, 0.2) is 147 Å². The Morgan fingerprint density at radius 3 is 2.10 bits per heavy atom. The maximum Gasteiger partial charge on any atom is 0.501 e. The third-order valence-corrected chi connectivity index (χ3v) is 24.9. The number of carbonyl (C=O) groups excluding carboxylic acids is 4. The number of halogens is 4. The molecule has 1 aliphatic carbocycles. The van der Waals surface area contributed by atoms with Crippen LogP contribution in [0.3, 0.4) is 0 Å². The molecule has 0 saturated carbocycles. The van der Waals surface area contributed by atoms with E-state index in [1.807, 2.05) is 106 Å². The Balaban J connectivity index is 0.693. The SMILES string of the molecule is Cc1ncsc1-c1ccc(C(C)NC(=O)C2CC(O)CN2C(=O)C(NC(=O)CCOCCN2CCN(CCC(CSc3ccccc3)Nc3ccc(S(=O)(=O)NC(=O)c4ccc(N5CCN(CC6=C(c7ccc(Cl)cc7)CCC(C)(C)C6)CC5)cc4)cc3S(=O)(=O)C(F)(F)F)CC2)C(C)(C)C)cc1. The van der Waals surface area contributed by atoms with Gasteiger partial charge in [0.2, 0.25) is 17.7 Å². The number of aliphatic hydroxyl groups is 1. The number of aromatic nitrogens is 1. The number of likely N-dealkylation sites (tertiary alicyclic amines) is 1. The molecular weight excluding hydrogens is 1420 g/mol. The lowest BCUT2D eigenvalue weighted by atomic mass is 9.73. The molecule has 5 unspecified atom stereocenters. The van der Waals surface area contributed by atoms with Gasteiger partial charge in [-0.1, -0.05) is 106 Å². The minimum atomic E-state index is -6.16. The molecule has 0 bridgehead atoms. The molecule has 3 aliphatic heterocycles. The Morgan fingerprint density at radius 1 is 0.806 bits per heavy atom. The summed E-state index contributed by atoms with van der Waals surface area (Å²) in [4.78, 5) is 69.6. The first-order valence-electron chi connectivity index (χ1n) is 34.9. The number of hydrogen-bond donors (Lipinski definition) is 5. The zero-order valence-electron chi connectivity index (χ0n) is 59.3. The molecule has 0 spiro atoms. The van der Waals surface area contributed by atoms with E-state index in [-0.39, 0.29) is 37.0 Å². The number of ether oxygens (including phenoxy) is 1. The zero-order valence-corrected chi connectivity index (χ0v) is 63.3. The molecule has 28 heteroatoms. The lowest BCUT2D eigenvalue weighted by Gasteiger charge is -2.39. The number of sulfone groups is 1. The molecule has 4 amide bonds. The Morgan fingerprint density at radius 2 is 1.46 bits per heavy atom. The molecule has 4 aliphatic rings. The Hall–Kier alpha value is -6.92. The van der Waals surface area contributed by atoms with Crippen LogP contribution in [0.2, 0.25) is 5.02 Å². The molecular formula is C75H94ClF3N10O10S4. The molecule has 556 valence electrons. The van der Waals surface area contributed by atoms with Gasteiger partial charge in [0.05, 0.1) is 52.0 Å². The van der Waals surface area contributed by atoms with Gasteiger partial charge in [0.1, 0.15) is 17.0 Å². The summed E-state index contributed by atoms with van der Waals surface area (Å²) in [5, 5.41) is 20.4. The van der Waals surface area contributed by atoms with E-state index in [2.05, 4.69) is 66.5 Å². The molecule has 20 nitrogen and oxygen atoms in total. The fourth-order valence-corrected chi connectivity index (χ4v) is 17.6. The third kappa shape index (κ3) is 20.8. The summed E-state index contributed by atoms with van der Waals surface area (Å²) < 4.78 is 106. The first-order valence-corrected chi connectivity index (χ1v) is 40.1. The van der Waals surface area contributed by atoms with Gasteiger partial charge in [-0.3, -0.25) is 29.0 Å². The van der Waals surface area contributed by atoms with Crippen LogP contribution < -0.4 is 25.6 Å². The van der Waals surface area contributed by atoms with Gasteiger partial charge >= 0.3 is 5.51 Å². The second kappa shape index (κ2) is 34.1. The largest absolute Gasteiger partial charge is 0.501 e. The lowest BCUT2D eigenvalue weighted by molar-refractivity contribution is -0.144. The number of thioether (sulfide) groups is 1. The van der Waals surface area contributed by atoms with E-state index in [0.29, 0.717) is 82.2 Å². The van der Waals surface area contributed by atoms with Gasteiger partial charge < -0.3 is 40.5 Å². The van der Waals surface area contributed by atoms with E-state index >= 15 is 0 Å². The Bertz CT molecular complexity index is 4190. The molecule has 5 atom stereocenters. The van der Waals surface area contributed by atoms with Crippen molar-refractivity contribution in [3.8, 4) is 10.4 Å². The number of rotatable bonds is 28. The number of anilines is 2. The summed E-state index contributed by atoms with van der Waals surface area (Å²) in [5.74, 6) is -2.06. The molecule has 3 saturated heterocycles. The number of nitrogens with one attached hydrogen (secondary N) is 4. The third-order valence-electron chi connectivity index (χ3n) is 19.6. The monoisotopic (exact) mass is 1510 g/mol. The minimum absolute atomic E-state index is 0.0335. The van der Waals surface area contributed by atoms with Gasteiger partial charge in [-0.15, -0.1) is 23.1 Å². The summed E-state index contributed by atoms with van der Waals surface area (Å²) in [6, 6.07) is 31.0. The number of thiazole rings is 1. The second-order valence-electron chi connectivity index (χ2n) is 29.0. The number of carbonyl (C=O) groups is 4. The molecule has 4 heterocycles. The predicted octanol–water partition coefficient (Wildman–Crippen LogP) is 11.3. The van der Waals surface area contributed by atoms with Crippen molar-refractivity contribution < 1.29 is 59.0 Å². The molecule has 6 aromatic rings. The van der Waals surface area contributed by atoms with E-state index in [4.69, 9.17) is 16.3 Å². The fraction of sp³-hybridized carbons (Fsp3) is 0.480. The van der Waals surface area contributed by atoms with Crippen molar-refractivity contribution in [2.75, 3.05) is 108 Å². The van der Waals surface area contributed by atoms with Crippen LogP contribution in [0.4, 0.5) is 24.5 Å². The van der Waals surface area contributed by atoms with Gasteiger partial charge in [0.25, 0.3) is 25.8 Å². The summed E-state index contributed by atoms with van der Waals surface area (Å²) in [6.45, 7) is 21.6. The first-order chi connectivity index (χ1) is 48.8. The molecule has 0 radical (unpaired) electrons. The first kappa shape index (κ1) is 78.7. The highest BCUT2D eigenvalue weighted by Gasteiger charge is 2.49. The van der Waals surface area contributed by atoms with Crippen molar-refractivity contribution in [2.24, 2.45) is 10.8 Å². The topological polar surface area (TPSA) is 243 Å². The maximum atomic E-state index is 14.6. The van der Waals surface area contributed by atoms with Crippen molar-refractivity contribution in [3.05, 3.63) is 160 Å². The van der Waals surface area contributed by atoms with Gasteiger partial charge in [-0.2, -0.15) is 13.2 Å². The van der Waals surface area contributed by atoms with E-state index in [0.717, 1.165) is 83.3 Å². The van der Waals surface area contributed by atoms with Crippen molar-refractivity contribution >= 4 is 95.1 Å². The number of piperazine rings is 2. The van der Waals surface area contributed by atoms with Crippen LogP contribution in [0.5, 0.6) is 0 Å². The van der Waals surface area contributed by atoms with E-state index in [1.54, 1.807) is 29.0 Å². The van der Waals surface area contributed by atoms with Gasteiger partial charge in [-0.25, -0.2) is 26.5 Å². The number of sulfonamides is 1. The molecule has 5 aromatic carbocycles. The summed E-state index contributed by atoms with van der Waals surface area (Å²) >= 11 is 9.19. The number of nitrogens with zero attached hydrogens (tertiary/aromatic N) is 6. The van der Waals surface area contributed by atoms with Crippen LogP contribution in [-0.4, -0.2) is 197 Å². The standard InChI is InChI=1S/C75H94ClF3N10O10S4/c1-50(52-13-15-54(16-14-52)68-51(2)80-49-101-68)81-71(93)65-43-60(90)47-89(65)72(94)69(73(3,4)5)83-67(91)29-41-99-42-40-86-34-32-85(33-35-86)31-28-58(48-100-61-11-9-8-10-12-61)82-64-26-25-62(44-66(64)102(95,96)75(77,78)79)103(97,98)84-70(92)55-19-23-59(24-20-55)88-38-36-87(37-39-88)46-56-45-74(6,7)30-27-63(56)53-17-21-57(76)22-18-53/h8-26,44,49-50,58,60,65,69,82,90H,27-43,45-48H2,1-7H3,(H,81,93)(H,83,91)(H,84,92). The van der Waals surface area contributed by atoms with E-state index < -0.39 is 100 Å². The number of benzene rings is 5. The van der Waals surface area contributed by atoms with Crippen LogP contribution in [-0.2, 0) is 39.0 Å². The lowest BCUT2D eigenvalue weighted by Crippen LogP contribution is -2.58. The molecule has 1 aromatic heterocycles. The predicted molar refractivity (Wildman–Crippen MR) is 399 cm³/mol. The highest BCUT2D eigenvalue weighted by molar-refractivity contribution is 7.99. The fourth-order valence-electron chi connectivity index (χ4n) is 13.6. The summed E-state index contributed by atoms with van der Waals surface area (Å²) in [5.41, 5.74) is 2.58. The minimum Gasteiger partial charge on any atom is -0.391 e. The summed E-state index contributed by atoms with van der Waals surface area (Å²) in [7, 11) is -11.1. The number of amides is 4. The van der Waals surface area contributed by atoms with Crippen molar-refractivity contribution in [3.63, 3.8) is 0 Å². The Kier molecular flexibility index (Phi) is 26.0. The molecule has 103 heavy (non-hydrogen) atoms. The number of β-amino-alcohol motifs (C(OH)–C–C–N with tert-alkyl or cyclic N) is 1. The summed E-state index contributed by atoms with van der Waals surface area (Å²) in [6.07, 6.45) is 2.53. The van der Waals surface area contributed by atoms with Gasteiger partial charge in [0, 0.05) is 124 Å². The quantitative estimate of drug-likeness (QED) is 0.0226. The molecule has 10 rings (SSSR count). The number of aliphatic hydroxyl groups excluding tert-OH is 1. The van der Waals surface area contributed by atoms with Crippen molar-refractivity contribution in [1.82, 2.24) is 39.9 Å². The van der Waals surface area contributed by atoms with Crippen molar-refractivity contribution in [1.29, 1.82) is 0 Å². The second-order valence-corrected chi connectivity index (χ2v) is 34.9. The smallest absolute Gasteiger partial charge is 0.391 e. The van der Waals surface area contributed by atoms with E-state index in [9.17, 15) is 54.3 Å². The van der Waals surface area contributed by atoms with Crippen molar-refractivity contribution in [2.45, 2.75) is 137 Å². The van der Waals surface area contributed by atoms with Crippen LogP contribution in [0.25, 0.3) is 16.0 Å². The zero-order chi connectivity index (χ0) is 74.0. The van der Waals surface area contributed by atoms with Gasteiger partial charge in [0.15, 0.2) is 0 Å².